The van der Waals surface area contributed by atoms with Crippen LogP contribution in [0, 0.1) is 0 Å². The number of hydrogen-bond donors (Lipinski definition) is 2. The fourth-order valence-corrected chi connectivity index (χ4v) is 2.31. The van der Waals surface area contributed by atoms with Crippen LogP contribution in [0.25, 0.3) is 0 Å². The molecular weight excluding hydrogens is 332 g/mol. The predicted molar refractivity (Wildman–Crippen MR) is 94.0 cm³/mol. The van der Waals surface area contributed by atoms with Crippen molar-refractivity contribution in [2.24, 2.45) is 0 Å². The minimum Gasteiger partial charge on any atom is -0.493 e. The van der Waals surface area contributed by atoms with E-state index in [-0.39, 0.29) is 5.95 Å². The first-order valence-electron chi connectivity index (χ1n) is 7.39. The molecule has 0 fully saturated rings. The van der Waals surface area contributed by atoms with Crippen molar-refractivity contribution in [2.45, 2.75) is 12.8 Å². The fraction of sp³-hybridized carbons (Fsp3) is 0.375. The molecule has 24 heavy (non-hydrogen) atoms. The topological polar surface area (TPSA) is 106 Å². The summed E-state index contributed by atoms with van der Waals surface area (Å²) in [5, 5.41) is 0. The number of alkyl halides is 1. The fourth-order valence-electron chi connectivity index (χ4n) is 2.20. The number of aromatic nitrogens is 2. The summed E-state index contributed by atoms with van der Waals surface area (Å²) < 4.78 is 16.6. The first-order chi connectivity index (χ1) is 11.6. The highest BCUT2D eigenvalue weighted by atomic mass is 35.5. The maximum atomic E-state index is 5.89. The van der Waals surface area contributed by atoms with Gasteiger partial charge in [0.05, 0.1) is 20.8 Å². The summed E-state index contributed by atoms with van der Waals surface area (Å²) in [5.41, 5.74) is 13.1. The van der Waals surface area contributed by atoms with E-state index < -0.39 is 0 Å². The van der Waals surface area contributed by atoms with Crippen molar-refractivity contribution < 1.29 is 14.2 Å². The van der Waals surface area contributed by atoms with Crippen molar-refractivity contribution in [1.29, 1.82) is 0 Å². The molecule has 0 spiro atoms. The second-order valence-electron chi connectivity index (χ2n) is 5.04. The molecule has 0 aliphatic heterocycles. The Morgan fingerprint density at radius 2 is 1.79 bits per heavy atom. The van der Waals surface area contributed by atoms with Gasteiger partial charge in [0, 0.05) is 24.1 Å². The normalized spacial score (nSPS) is 10.5. The smallest absolute Gasteiger partial charge is 0.221 e. The Kier molecular flexibility index (Phi) is 6.31. The molecule has 130 valence electrons. The van der Waals surface area contributed by atoms with Gasteiger partial charge in [-0.05, 0) is 24.1 Å². The first-order valence-corrected chi connectivity index (χ1v) is 7.93. The number of nitrogens with two attached hydrogens (primary N) is 2. The van der Waals surface area contributed by atoms with Gasteiger partial charge in [0.15, 0.2) is 11.5 Å². The lowest BCUT2D eigenvalue weighted by Crippen LogP contribution is -2.05. The molecule has 0 bridgehead atoms. The summed E-state index contributed by atoms with van der Waals surface area (Å²) in [4.78, 5) is 7.94. The first kappa shape index (κ1) is 17.9. The van der Waals surface area contributed by atoms with Crippen molar-refractivity contribution in [2.75, 3.05) is 38.2 Å². The van der Waals surface area contributed by atoms with Gasteiger partial charge in [-0.25, -0.2) is 4.98 Å². The van der Waals surface area contributed by atoms with E-state index >= 15 is 0 Å². The molecule has 0 aliphatic rings. The Hall–Kier alpha value is -2.41. The van der Waals surface area contributed by atoms with Crippen LogP contribution in [0.1, 0.15) is 17.5 Å². The zero-order valence-corrected chi connectivity index (χ0v) is 14.5. The number of hydrogen-bond acceptors (Lipinski definition) is 7. The monoisotopic (exact) mass is 352 g/mol. The van der Waals surface area contributed by atoms with Crippen molar-refractivity contribution in [3.8, 4) is 17.2 Å². The Balaban J connectivity index is 2.30. The highest BCUT2D eigenvalue weighted by molar-refractivity contribution is 6.17. The van der Waals surface area contributed by atoms with Crippen LogP contribution in [0.3, 0.4) is 0 Å². The molecule has 2 rings (SSSR count). The molecule has 0 aliphatic carbocycles. The average molecular weight is 353 g/mol. The van der Waals surface area contributed by atoms with Crippen molar-refractivity contribution >= 4 is 23.4 Å². The highest BCUT2D eigenvalue weighted by Crippen LogP contribution is 2.39. The van der Waals surface area contributed by atoms with E-state index in [0.717, 1.165) is 17.5 Å². The number of rotatable bonds is 8. The Labute approximate surface area is 145 Å². The summed E-state index contributed by atoms with van der Waals surface area (Å²) in [5.74, 6) is 2.73. The molecule has 0 unspecified atom stereocenters. The summed E-state index contributed by atoms with van der Waals surface area (Å²) in [6, 6.07) is 3.74. The molecule has 8 heteroatoms. The number of anilines is 2. The van der Waals surface area contributed by atoms with Crippen molar-refractivity contribution in [3.63, 3.8) is 0 Å². The van der Waals surface area contributed by atoms with E-state index in [4.69, 9.17) is 37.3 Å². The van der Waals surface area contributed by atoms with Crippen LogP contribution >= 0.6 is 11.6 Å². The molecule has 1 aromatic heterocycles. The van der Waals surface area contributed by atoms with E-state index in [0.29, 0.717) is 42.0 Å². The summed E-state index contributed by atoms with van der Waals surface area (Å²) in [6.07, 6.45) is 2.86. The molecule has 0 amide bonds. The van der Waals surface area contributed by atoms with E-state index in [9.17, 15) is 0 Å². The molecular formula is C16H21ClN4O3. The second kappa shape index (κ2) is 8.44. The number of halogens is 1. The van der Waals surface area contributed by atoms with Crippen LogP contribution in [0.15, 0.2) is 18.3 Å². The number of nitrogens with zero attached hydrogens (tertiary/aromatic N) is 2. The maximum Gasteiger partial charge on any atom is 0.221 e. The SMILES string of the molecule is COc1cc(Cc2cnc(N)nc2N)cc(OC)c1OCCCCl. The van der Waals surface area contributed by atoms with Crippen LogP contribution in [-0.4, -0.2) is 36.7 Å². The number of nitrogen functional groups attached to an aromatic ring is 2. The van der Waals surface area contributed by atoms with Gasteiger partial charge in [-0.2, -0.15) is 4.98 Å². The van der Waals surface area contributed by atoms with Gasteiger partial charge in [0.25, 0.3) is 0 Å². The summed E-state index contributed by atoms with van der Waals surface area (Å²) in [6.45, 7) is 0.480. The van der Waals surface area contributed by atoms with Gasteiger partial charge in [-0.3, -0.25) is 0 Å². The minimum atomic E-state index is 0.148. The maximum absolute atomic E-state index is 5.89. The van der Waals surface area contributed by atoms with E-state index in [1.54, 1.807) is 20.4 Å². The van der Waals surface area contributed by atoms with E-state index in [1.165, 1.54) is 0 Å². The standard InChI is InChI=1S/C16H21ClN4O3/c1-22-12-7-10(6-11-9-20-16(19)21-15(11)18)8-13(23-2)14(12)24-5-3-4-17/h7-9H,3-6H2,1-2H3,(H4,18,19,20,21). The number of methoxy groups -OCH3 is 2. The molecule has 0 saturated heterocycles. The lowest BCUT2D eigenvalue weighted by molar-refractivity contribution is 0.275. The van der Waals surface area contributed by atoms with Gasteiger partial charge in [0.2, 0.25) is 11.7 Å². The summed E-state index contributed by atoms with van der Waals surface area (Å²) in [7, 11) is 3.15. The van der Waals surface area contributed by atoms with Crippen molar-refractivity contribution in [1.82, 2.24) is 9.97 Å². The van der Waals surface area contributed by atoms with E-state index in [1.807, 2.05) is 12.1 Å². The van der Waals surface area contributed by atoms with Gasteiger partial charge in [0.1, 0.15) is 5.82 Å². The third kappa shape index (κ3) is 4.32. The molecule has 0 atom stereocenters. The summed E-state index contributed by atoms with van der Waals surface area (Å²) >= 11 is 5.68. The van der Waals surface area contributed by atoms with Gasteiger partial charge in [-0.15, -0.1) is 11.6 Å². The van der Waals surface area contributed by atoms with Crippen LogP contribution in [-0.2, 0) is 6.42 Å². The highest BCUT2D eigenvalue weighted by Gasteiger charge is 2.15. The molecule has 2 aromatic rings. The van der Waals surface area contributed by atoms with Gasteiger partial charge < -0.3 is 25.7 Å². The largest absolute Gasteiger partial charge is 0.493 e. The third-order valence-electron chi connectivity index (χ3n) is 3.36. The average Bonchev–Trinajstić information content (AvgIpc) is 2.58. The lowest BCUT2D eigenvalue weighted by Gasteiger charge is -2.16. The Morgan fingerprint density at radius 3 is 2.33 bits per heavy atom. The van der Waals surface area contributed by atoms with E-state index in [2.05, 4.69) is 9.97 Å². The lowest BCUT2D eigenvalue weighted by atomic mass is 10.1. The van der Waals surface area contributed by atoms with Gasteiger partial charge >= 0.3 is 0 Å². The Morgan fingerprint density at radius 1 is 1.12 bits per heavy atom. The number of ether oxygens (including phenoxy) is 3. The predicted octanol–water partition coefficient (Wildman–Crippen LogP) is 2.26. The van der Waals surface area contributed by atoms with Crippen LogP contribution in [0.5, 0.6) is 17.2 Å². The zero-order valence-electron chi connectivity index (χ0n) is 13.7. The number of benzene rings is 1. The minimum absolute atomic E-state index is 0.148. The van der Waals surface area contributed by atoms with Crippen LogP contribution < -0.4 is 25.7 Å². The second-order valence-corrected chi connectivity index (χ2v) is 5.41. The molecule has 4 N–H and O–H groups in total. The quantitative estimate of drug-likeness (QED) is 0.554. The Bertz CT molecular complexity index is 672. The van der Waals surface area contributed by atoms with Gasteiger partial charge in [-0.1, -0.05) is 0 Å². The molecule has 0 saturated carbocycles. The third-order valence-corrected chi connectivity index (χ3v) is 3.62. The van der Waals surface area contributed by atoms with Crippen molar-refractivity contribution in [3.05, 3.63) is 29.5 Å². The molecule has 7 nitrogen and oxygen atoms in total. The molecule has 1 heterocycles. The van der Waals surface area contributed by atoms with Crippen LogP contribution in [0.4, 0.5) is 11.8 Å². The zero-order chi connectivity index (χ0) is 17.5. The molecule has 0 radical (unpaired) electrons. The van der Waals surface area contributed by atoms with Crippen LogP contribution in [0.2, 0.25) is 0 Å². The molecule has 1 aromatic carbocycles.